The first-order valence-corrected chi connectivity index (χ1v) is 43.5. The average Bonchev–Trinajstić information content (AvgIpc) is 1.58. The molecule has 1 aromatic carbocycles. The van der Waals surface area contributed by atoms with Crippen molar-refractivity contribution in [3.63, 3.8) is 0 Å². The number of fused-ring (bicyclic) bond motifs is 6. The van der Waals surface area contributed by atoms with E-state index in [4.69, 9.17) is 126 Å². The maximum absolute atomic E-state index is 13.3. The monoisotopic (exact) mass is 1920 g/mol. The number of terminal acetylenes is 1. The number of urea groups is 1. The van der Waals surface area contributed by atoms with Crippen molar-refractivity contribution < 1.29 is 277 Å². The Labute approximate surface area is 850 Å². The van der Waals surface area contributed by atoms with E-state index in [0.717, 1.165) is 33.0 Å². The number of rotatable bonds is 17. The Balaban J connectivity index is 0.000000276. The molecule has 15 aliphatic rings. The van der Waals surface area contributed by atoms with E-state index in [2.05, 4.69) is 40.3 Å². The summed E-state index contributed by atoms with van der Waals surface area (Å²) >= 11 is 0. The number of non-ortho nitro benzene ring substituents is 1. The molecule has 0 bridgehead atoms. The Bertz CT molecular complexity index is 3720. The second-order valence-electron chi connectivity index (χ2n) is 36.1. The van der Waals surface area contributed by atoms with Gasteiger partial charge in [-0.2, -0.15) is 0 Å². The summed E-state index contributed by atoms with van der Waals surface area (Å²) in [4.78, 5) is 111. The van der Waals surface area contributed by atoms with Crippen molar-refractivity contribution in [2.45, 2.75) is 406 Å². The second-order valence-corrected chi connectivity index (χ2v) is 36.1. The minimum Gasteiger partial charge on any atom is -1.00 e. The Morgan fingerprint density at radius 1 is 0.588 bits per heavy atom. The topological polar surface area (TPSA) is 522 Å². The number of nitrogens with zero attached hydrogens (tertiary/aromatic N) is 4. The van der Waals surface area contributed by atoms with E-state index in [0.29, 0.717) is 56.1 Å². The van der Waals surface area contributed by atoms with E-state index in [9.17, 15) is 53.9 Å². The number of ether oxygens (including phenoxy) is 22. The van der Waals surface area contributed by atoms with Crippen LogP contribution >= 0.6 is 0 Å². The van der Waals surface area contributed by atoms with Crippen molar-refractivity contribution in [3.05, 3.63) is 39.9 Å². The average molecular weight is 1920 g/mol. The summed E-state index contributed by atoms with van der Waals surface area (Å²) in [5, 5.41) is 49.6. The first-order valence-electron chi connectivity index (χ1n) is 43.5. The first-order chi connectivity index (χ1) is 60.3. The number of guanidine groups is 1. The van der Waals surface area contributed by atoms with Crippen LogP contribution in [0, 0.1) is 40.2 Å². The number of nitro groups is 1. The summed E-state index contributed by atoms with van der Waals surface area (Å²) in [5.41, 5.74) is 0.169. The number of nitro benzene ring substituents is 1. The molecular weight excluding hydrogens is 1790 g/mol. The van der Waals surface area contributed by atoms with Gasteiger partial charge in [-0.3, -0.25) is 59.3 Å². The summed E-state index contributed by atoms with van der Waals surface area (Å²) in [6.45, 7) is 42.1. The molecule has 4 amide bonds. The summed E-state index contributed by atoms with van der Waals surface area (Å²) in [6.07, 6.45) is 4.28. The number of hydrogen-bond acceptors (Lipinski definition) is 38. The number of aliphatic hydroxyl groups is 3. The molecule has 28 atom stereocenters. The standard InChI is InChI=1S/C20H27N5O6.C16H19NO7.C11H18O5.C10H18O3.C9H14O4.2C9H16O4.CH2O3.CH4O.2K.H/c1-6-8-24-15-16(22-19(21-11(4)26)23-17(15)28)25(20(24)29)18-14(30-12(5)27)9-13(31-18)10(3)7-2;1-9(12-8-13-15(22-12)24-16(2,3)23-13)21-14(18)10-4-6-11(7-5-10)17(19)20;1-6(2)9-5-10(14-7(3)12)11(16-9)15-8(4)13;1-6(2)7-5-8-9(11-7)13-10(3,4)12-8;1-9(2)12-6-3-5(7-4-10-7)11-8(6)13-9;2*1-5(10)6-4-7-8(11-6)13-9(2,3)12-7;2-1-4-3;1-2;;;/h1,10,13-16,18H,7-9H2,2-5H3,(H2,21,22,23,26,28);4-7,9,12-13,15H,8H2,1-3H3;6,9-11H,5H2,1-4H3;6-9H,5H2,1-4H3;5-8H,3-4H2,1-2H3;2*5-8,10H,4H2,1-3H3;1,3H;2H,1H3;;;/q;;;;;;;;;2*+1;-1/p-1/t10-,13-,14+,15?,16?,18+;9-,12-,13+,15+;9-,10+,11?;7-,8+,9+;5-,6+,7+,8+;5-,6+,7-,8-;5-,6-,7+,8+;;;;;/m0000010...../s1. The zero-order valence-corrected chi connectivity index (χ0v) is 86.1. The van der Waals surface area contributed by atoms with Crippen LogP contribution in [0.15, 0.2) is 29.3 Å². The van der Waals surface area contributed by atoms with Gasteiger partial charge >= 0.3 is 133 Å². The number of hydrogen-bond donors (Lipinski definition) is 5. The number of esters is 4. The third-order valence-corrected chi connectivity index (χ3v) is 22.4. The number of aliphatic imine (C=N–C) groups is 1. The number of carbonyl (C=O) groups excluding carboxylic acids is 8. The Morgan fingerprint density at radius 3 is 1.37 bits per heavy atom. The van der Waals surface area contributed by atoms with Crippen LogP contribution in [0.5, 0.6) is 0 Å². The van der Waals surface area contributed by atoms with Crippen LogP contribution in [-0.4, -0.2) is 299 Å². The molecule has 1 aromatic rings. The SMILES string of the molecule is C#CCN1C(=O)N([C@@H]2O[C@H]([C@@H](C)CC)C[C@H]2OC(C)=O)C2N=C(NC(C)=O)NC(=O)C21.CC(=O)OC1O[C@H](C(C)C)C[C@H]1OC(C)=O.CC(C)[C@@H]1C[C@H]2OC(C)(C)O[C@H]2O1.CC1(C)O[C@H]2O[C@H]([C@H]3CO3)C[C@H]2O1.CO.C[C@@H](O)[C@@H]1C[C@H]2OC(C)(C)O[C@H]2O1.C[C@H](O)[C@@H]1C[C@H]2OC(C)(C)O[C@H]2O1.C[C@H](OC(=O)c1ccc([N+](=O)[O-])cc1)[C@@H]1C[C@H]2OC(C)(C)O[C@H]2O1.O=CO[O-].[H-].[K+].[K+]. The van der Waals surface area contributed by atoms with Crippen molar-refractivity contribution in [2.75, 3.05) is 20.3 Å². The van der Waals surface area contributed by atoms with Gasteiger partial charge in [-0.1, -0.05) is 53.9 Å². The minimum absolute atomic E-state index is 0. The van der Waals surface area contributed by atoms with Crippen LogP contribution in [0.4, 0.5) is 10.5 Å². The quantitative estimate of drug-likeness (QED) is 0.0150. The van der Waals surface area contributed by atoms with Gasteiger partial charge in [-0.05, 0) is 120 Å². The second kappa shape index (κ2) is 50.6. The number of carbonyl (C=O) groups is 8. The van der Waals surface area contributed by atoms with E-state index in [1.54, 1.807) is 20.8 Å². The number of aliphatic hydroxyl groups excluding tert-OH is 3. The van der Waals surface area contributed by atoms with Gasteiger partial charge in [0.2, 0.25) is 18.2 Å². The van der Waals surface area contributed by atoms with Crippen LogP contribution in [-0.2, 0) is 138 Å². The number of nitrogens with one attached hydrogen (secondary N) is 2. The van der Waals surface area contributed by atoms with E-state index in [-0.39, 0.29) is 233 Å². The molecule has 16 rings (SSSR count). The third-order valence-electron chi connectivity index (χ3n) is 22.4. The van der Waals surface area contributed by atoms with Crippen LogP contribution < -0.4 is 119 Å². The molecule has 0 radical (unpaired) electrons. The van der Waals surface area contributed by atoms with Crippen molar-refractivity contribution >= 4 is 59.8 Å². The molecule has 732 valence electrons. The van der Waals surface area contributed by atoms with Gasteiger partial charge in [0.05, 0.1) is 72.5 Å². The van der Waals surface area contributed by atoms with E-state index < -0.39 is 137 Å². The van der Waals surface area contributed by atoms with Crippen LogP contribution in [0.25, 0.3) is 0 Å². The van der Waals surface area contributed by atoms with E-state index >= 15 is 0 Å². The molecule has 14 fully saturated rings. The third kappa shape index (κ3) is 33.3. The molecule has 3 unspecified atom stereocenters. The number of amides is 4. The van der Waals surface area contributed by atoms with Crippen LogP contribution in [0.3, 0.4) is 0 Å². The Kier molecular flexibility index (Phi) is 44.6. The molecule has 14 saturated heterocycles. The molecule has 0 aliphatic carbocycles. The van der Waals surface area contributed by atoms with Crippen LogP contribution in [0.1, 0.15) is 222 Å². The van der Waals surface area contributed by atoms with E-state index in [1.807, 2.05) is 96.9 Å². The molecule has 15 heterocycles. The largest absolute Gasteiger partial charge is 1.00 e. The molecule has 15 aliphatic heterocycles. The van der Waals surface area contributed by atoms with Gasteiger partial charge in [0.1, 0.15) is 54.9 Å². The Hall–Kier alpha value is -4.20. The van der Waals surface area contributed by atoms with Gasteiger partial charge in [0, 0.05) is 91.9 Å². The molecule has 0 spiro atoms. The molecule has 5 N–H and O–H groups in total. The van der Waals surface area contributed by atoms with Gasteiger partial charge in [-0.25, -0.2) is 14.6 Å². The predicted octanol–water partition coefficient (Wildman–Crippen LogP) is -0.583. The number of benzene rings is 1. The maximum Gasteiger partial charge on any atom is 1.00 e. The molecular formula is C86H134K2N6O37. The van der Waals surface area contributed by atoms with Crippen molar-refractivity contribution in [1.82, 2.24) is 20.4 Å². The molecule has 131 heavy (non-hydrogen) atoms. The summed E-state index contributed by atoms with van der Waals surface area (Å²) in [6, 6.07) is 3.70. The normalized spacial score (nSPS) is 34.7. The Morgan fingerprint density at radius 2 is 0.985 bits per heavy atom. The van der Waals surface area contributed by atoms with Gasteiger partial charge in [0.15, 0.2) is 84.9 Å². The molecule has 0 saturated carbocycles. The van der Waals surface area contributed by atoms with Gasteiger partial charge in [-0.15, -0.1) is 6.42 Å². The summed E-state index contributed by atoms with van der Waals surface area (Å²) in [5.74, 6) is -2.24. The maximum atomic E-state index is 13.3. The molecule has 45 heteroatoms. The fourth-order valence-corrected chi connectivity index (χ4v) is 16.3. The van der Waals surface area contributed by atoms with Crippen molar-refractivity contribution in [1.29, 1.82) is 0 Å². The zero-order chi connectivity index (χ0) is 96.0. The molecule has 0 aromatic heterocycles. The van der Waals surface area contributed by atoms with Crippen LogP contribution in [0.2, 0.25) is 0 Å². The smallest absolute Gasteiger partial charge is 1.00 e. The van der Waals surface area contributed by atoms with Gasteiger partial charge in [0.25, 0.3) is 18.1 Å². The van der Waals surface area contributed by atoms with E-state index in [1.165, 1.54) is 61.8 Å². The summed E-state index contributed by atoms with van der Waals surface area (Å²) < 4.78 is 122. The minimum atomic E-state index is -1.01. The van der Waals surface area contributed by atoms with Crippen molar-refractivity contribution in [3.8, 4) is 12.3 Å². The predicted molar refractivity (Wildman–Crippen MR) is 442 cm³/mol. The van der Waals surface area contributed by atoms with Gasteiger partial charge < -0.3 is 131 Å². The fraction of sp³-hybridized carbons (Fsp3) is 0.802. The van der Waals surface area contributed by atoms with Crippen molar-refractivity contribution in [2.24, 2.45) is 22.7 Å². The first kappa shape index (κ1) is 116. The fourth-order valence-electron chi connectivity index (χ4n) is 16.3. The summed E-state index contributed by atoms with van der Waals surface area (Å²) in [7, 11) is 1.00. The molecule has 43 nitrogen and oxygen atoms in total. The zero-order valence-electron chi connectivity index (χ0n) is 80.9. The number of epoxide rings is 1.